The van der Waals surface area contributed by atoms with E-state index in [1.165, 1.54) is 73.7 Å². The predicted molar refractivity (Wildman–Crippen MR) is 318 cm³/mol. The van der Waals surface area contributed by atoms with E-state index in [0.29, 0.717) is 52.4 Å². The molecule has 4 aromatic rings. The highest BCUT2D eigenvalue weighted by molar-refractivity contribution is 7.91. The van der Waals surface area contributed by atoms with E-state index >= 15 is 0 Å². The average molecular weight is 1270 g/mol. The number of aliphatic hydroxyl groups is 8. The quantitative estimate of drug-likeness (QED) is 0.0196. The van der Waals surface area contributed by atoms with Crippen LogP contribution in [-0.2, 0) is 30.4 Å². The minimum Gasteiger partial charge on any atom is -0.478 e. The Balaban J connectivity index is 0.000000741. The molecule has 0 aliphatic heterocycles. The average Bonchev–Trinajstić information content (AvgIpc) is 1.48. The van der Waals surface area contributed by atoms with Crippen molar-refractivity contribution in [3.63, 3.8) is 0 Å². The number of aliphatic hydroxyl groups excluding tert-OH is 8. The Morgan fingerprint density at radius 2 is 0.802 bits per heavy atom. The summed E-state index contributed by atoms with van der Waals surface area (Å²) in [6, 6.07) is 15.2. The highest BCUT2D eigenvalue weighted by atomic mass is 32.2. The summed E-state index contributed by atoms with van der Waals surface area (Å²) >= 11 is 0. The number of aryl methyl sites for hydroxylation is 1. The molecular formula is C51H70N10O22S3. The number of ketones is 2. The maximum Gasteiger partial charge on any atom is 0.335 e. The Kier molecular flexibility index (Phi) is 33.6. The molecule has 0 heterocycles. The van der Waals surface area contributed by atoms with Crippen LogP contribution in [0.25, 0.3) is 12.2 Å². The van der Waals surface area contributed by atoms with Crippen molar-refractivity contribution < 1.29 is 104 Å². The van der Waals surface area contributed by atoms with Crippen molar-refractivity contribution in [2.75, 3.05) is 127 Å². The first kappa shape index (κ1) is 74.7. The molecule has 0 atom stereocenters. The van der Waals surface area contributed by atoms with Crippen molar-refractivity contribution >= 4 is 100 Å². The number of aromatic carboxylic acids is 1. The maximum atomic E-state index is 13.4. The fraction of sp³-hybridized carbons (Fsp3) is 0.333. The van der Waals surface area contributed by atoms with Gasteiger partial charge in [0.2, 0.25) is 11.6 Å². The zero-order valence-corrected chi connectivity index (χ0v) is 48.5. The number of carboxylic acids is 1. The number of carbonyl (C=O) groups is 4. The van der Waals surface area contributed by atoms with E-state index in [2.05, 4.69) is 53.0 Å². The topological polar surface area (TPSA) is 534 Å². The molecule has 6 rings (SSSR count). The number of urea groups is 1. The molecule has 0 saturated carbocycles. The molecule has 4 aromatic carbocycles. The number of rotatable bonds is 26. The van der Waals surface area contributed by atoms with Gasteiger partial charge >= 0.3 is 12.0 Å². The molecule has 0 bridgehead atoms. The van der Waals surface area contributed by atoms with Crippen LogP contribution in [0.15, 0.2) is 104 Å². The zero-order valence-electron chi connectivity index (χ0n) is 46.0. The molecule has 0 saturated heterocycles. The van der Waals surface area contributed by atoms with Crippen LogP contribution in [0.1, 0.15) is 47.8 Å². The van der Waals surface area contributed by atoms with Gasteiger partial charge in [0.1, 0.15) is 9.81 Å². The number of benzene rings is 4. The zero-order chi connectivity index (χ0) is 64.5. The van der Waals surface area contributed by atoms with Gasteiger partial charge in [0.15, 0.2) is 11.4 Å². The van der Waals surface area contributed by atoms with Gasteiger partial charge in [-0.2, -0.15) is 35.5 Å². The third-order valence-electron chi connectivity index (χ3n) is 10.7. The van der Waals surface area contributed by atoms with Crippen molar-refractivity contribution in [1.29, 1.82) is 0 Å². The molecule has 32 nitrogen and oxygen atoms in total. The Morgan fingerprint density at radius 1 is 0.453 bits per heavy atom. The Hall–Kier alpha value is -7.37. The third kappa shape index (κ3) is 26.1. The molecule has 2 amide bonds. The number of hydrogen-bond acceptors (Lipinski definition) is 26. The number of nitrogens with one attached hydrogen (secondary N) is 8. The Morgan fingerprint density at radius 3 is 1.12 bits per heavy atom. The Labute approximate surface area is 494 Å². The lowest BCUT2D eigenvalue weighted by Crippen LogP contribution is -2.27. The van der Waals surface area contributed by atoms with Crippen LogP contribution < -0.4 is 42.8 Å². The van der Waals surface area contributed by atoms with Gasteiger partial charge < -0.3 is 77.9 Å². The van der Waals surface area contributed by atoms with Gasteiger partial charge in [-0.1, -0.05) is 0 Å². The van der Waals surface area contributed by atoms with E-state index in [0.717, 1.165) is 24.3 Å². The number of amides is 2. The summed E-state index contributed by atoms with van der Waals surface area (Å²) in [5.74, 6) is -3.04. The smallest absolute Gasteiger partial charge is 0.335 e. The van der Waals surface area contributed by atoms with Crippen LogP contribution >= 0.6 is 0 Å². The molecule has 0 spiro atoms. The molecule has 86 heavy (non-hydrogen) atoms. The van der Waals surface area contributed by atoms with E-state index in [1.807, 2.05) is 0 Å². The number of hydrazone groups is 2. The van der Waals surface area contributed by atoms with Crippen molar-refractivity contribution in [3.8, 4) is 0 Å². The number of Topliss-reactive ketones (excluding diaryl/α,β-unsaturated/α-hetero) is 2. The number of carbonyl (C=O) groups excluding carboxylic acids is 3. The summed E-state index contributed by atoms with van der Waals surface area (Å²) in [7, 11) is -14.6. The molecule has 20 N–H and O–H groups in total. The van der Waals surface area contributed by atoms with Gasteiger partial charge in [-0.3, -0.25) is 34.1 Å². The minimum absolute atomic E-state index is 0.0207. The summed E-state index contributed by atoms with van der Waals surface area (Å²) in [5.41, 5.74) is 3.95. The summed E-state index contributed by atoms with van der Waals surface area (Å²) in [6.07, 6.45) is 1.89. The van der Waals surface area contributed by atoms with Gasteiger partial charge in [0, 0.05) is 74.9 Å². The number of allylic oxidation sites excluding steroid dienone is 2. The van der Waals surface area contributed by atoms with Crippen LogP contribution in [0, 0.1) is 6.92 Å². The largest absolute Gasteiger partial charge is 0.478 e. The number of anilines is 4. The van der Waals surface area contributed by atoms with E-state index in [9.17, 15) is 58.1 Å². The second-order valence-corrected chi connectivity index (χ2v) is 21.3. The van der Waals surface area contributed by atoms with Gasteiger partial charge in [-0.05, 0) is 115 Å². The highest BCUT2D eigenvalue weighted by Crippen LogP contribution is 2.31. The number of carboxylic acid groups (broad SMARTS) is 1. The predicted octanol–water partition coefficient (Wildman–Crippen LogP) is -1.39. The number of nitrogens with zero attached hydrogens (tertiary/aromatic N) is 2. The lowest BCUT2D eigenvalue weighted by molar-refractivity contribution is 0.0696. The van der Waals surface area contributed by atoms with Gasteiger partial charge in [0.05, 0.1) is 74.7 Å². The SMILES string of the molecule is Cc1cc(S(=O)(=O)O)ccc1N/N=C1\C(=O)c2ccc(NC(=O)Nc3ccc4c(c3)C=C(S(=O)(=O)O)/C(=N\Nc3ccc(C(=O)O)cc3)C4=O)cc2C=C1S(=O)(=O)O.OCCNCCO.OCCNCCO.OCCNCCO.OCCNCCO. The lowest BCUT2D eigenvalue weighted by Gasteiger charge is -2.18. The van der Waals surface area contributed by atoms with Crippen LogP contribution in [-0.4, -0.2) is 225 Å². The number of fused-ring (bicyclic) bond motifs is 2. The van der Waals surface area contributed by atoms with Crippen molar-refractivity contribution in [2.24, 2.45) is 10.2 Å². The molecule has 0 radical (unpaired) electrons. The summed E-state index contributed by atoms with van der Waals surface area (Å²) in [6.45, 7) is 7.12. The van der Waals surface area contributed by atoms with Crippen molar-refractivity contribution in [1.82, 2.24) is 21.3 Å². The van der Waals surface area contributed by atoms with Crippen molar-refractivity contribution in [3.05, 3.63) is 122 Å². The molecule has 474 valence electrons. The van der Waals surface area contributed by atoms with E-state index < -0.39 is 80.1 Å². The van der Waals surface area contributed by atoms with Crippen LogP contribution in [0.3, 0.4) is 0 Å². The molecule has 0 unspecified atom stereocenters. The highest BCUT2D eigenvalue weighted by Gasteiger charge is 2.35. The lowest BCUT2D eigenvalue weighted by atomic mass is 9.94. The van der Waals surface area contributed by atoms with E-state index in [1.54, 1.807) is 0 Å². The first-order chi connectivity index (χ1) is 40.8. The van der Waals surface area contributed by atoms with Crippen LogP contribution in [0.2, 0.25) is 0 Å². The fourth-order valence-corrected chi connectivity index (χ4v) is 8.59. The first-order valence-electron chi connectivity index (χ1n) is 25.4. The maximum absolute atomic E-state index is 13.4. The minimum atomic E-state index is -5.07. The first-order valence-corrected chi connectivity index (χ1v) is 29.7. The molecular weight excluding hydrogens is 1200 g/mol. The van der Waals surface area contributed by atoms with Crippen LogP contribution in [0.5, 0.6) is 0 Å². The second-order valence-electron chi connectivity index (χ2n) is 17.1. The third-order valence-corrected chi connectivity index (χ3v) is 13.2. The van der Waals surface area contributed by atoms with E-state index in [-0.39, 0.29) is 109 Å². The van der Waals surface area contributed by atoms with E-state index in [4.69, 9.17) is 46.0 Å². The summed E-state index contributed by atoms with van der Waals surface area (Å²) in [4.78, 5) is 48.7. The normalized spacial score (nSPS) is 13.5. The summed E-state index contributed by atoms with van der Waals surface area (Å²) < 4.78 is 101. The molecule has 2 aliphatic carbocycles. The van der Waals surface area contributed by atoms with Crippen molar-refractivity contribution in [2.45, 2.75) is 11.8 Å². The Bertz CT molecular complexity index is 3310. The van der Waals surface area contributed by atoms with Crippen LogP contribution in [0.4, 0.5) is 27.5 Å². The van der Waals surface area contributed by atoms with Gasteiger partial charge in [0.25, 0.3) is 30.4 Å². The monoisotopic (exact) mass is 1270 g/mol. The second kappa shape index (κ2) is 38.6. The standard InChI is InChI=1S/C35H26N6O14S3.4C4H11NO2/c1-17-12-24(56(47,48)49)8-11-27(17)39-41-31-29(58(53,54)55)16-20-14-23(7-10-26(20)33(31)43)37-35(46)36-22-6-9-25-19(13-22)15-28(57(50,51)52)30(32(25)42)40-38-21-4-2-18(3-5-21)34(44)45;4*6-3-1-5-2-4-7/h2-16,38-39H,1H3,(H,44,45)(H2,36,37,46)(H,47,48,49)(H,50,51,52)(H,53,54,55);4*5-7H,1-4H2/b40-30+,41-31-;;;;. The van der Waals surface area contributed by atoms with Gasteiger partial charge in [-0.15, -0.1) is 0 Å². The summed E-state index contributed by atoms with van der Waals surface area (Å²) in [5, 5.41) is 98.0. The molecule has 0 fully saturated rings. The van der Waals surface area contributed by atoms with Gasteiger partial charge in [-0.25, -0.2) is 9.59 Å². The molecule has 2 aliphatic rings. The molecule has 35 heteroatoms. The fourth-order valence-electron chi connectivity index (χ4n) is 6.71. The molecule has 0 aromatic heterocycles. The number of hydrogen-bond donors (Lipinski definition) is 20.